The van der Waals surface area contributed by atoms with Crippen molar-refractivity contribution in [2.75, 3.05) is 0 Å². The van der Waals surface area contributed by atoms with Gasteiger partial charge in [-0.2, -0.15) is 18.3 Å². The molecular formula is C23H19F3N6O. The molecule has 0 aliphatic rings. The molecule has 0 spiro atoms. The van der Waals surface area contributed by atoms with E-state index in [1.807, 2.05) is 31.2 Å². The van der Waals surface area contributed by atoms with E-state index in [4.69, 9.17) is 0 Å². The van der Waals surface area contributed by atoms with Crippen LogP contribution in [0.25, 0.3) is 16.8 Å². The zero-order valence-electron chi connectivity index (χ0n) is 17.8. The van der Waals surface area contributed by atoms with Crippen LogP contribution in [0.15, 0.2) is 61.2 Å². The number of amides is 1. The standard InChI is InChI=1S/C23H19F3N6O/c1-14-3-5-16(6-4-14)17-7-18(21(33)29-12-19-11-27-15(2)10-28-19)9-20(8-17)32-22(23(24,25)26)30-13-31-32/h3-11,13H,12H2,1-2H3,(H,29,33). The smallest absolute Gasteiger partial charge is 0.346 e. The van der Waals surface area contributed by atoms with E-state index in [1.54, 1.807) is 25.4 Å². The van der Waals surface area contributed by atoms with Gasteiger partial charge in [0.2, 0.25) is 5.82 Å². The number of nitrogens with zero attached hydrogens (tertiary/aromatic N) is 5. The average Bonchev–Trinajstić information content (AvgIpc) is 3.29. The van der Waals surface area contributed by atoms with Crippen molar-refractivity contribution < 1.29 is 18.0 Å². The largest absolute Gasteiger partial charge is 0.451 e. The minimum absolute atomic E-state index is 0.0678. The lowest BCUT2D eigenvalue weighted by Gasteiger charge is -2.13. The molecule has 7 nitrogen and oxygen atoms in total. The molecule has 1 amide bonds. The summed E-state index contributed by atoms with van der Waals surface area (Å²) in [5.41, 5.74) is 3.88. The molecule has 0 atom stereocenters. The molecule has 0 fully saturated rings. The van der Waals surface area contributed by atoms with Crippen molar-refractivity contribution in [2.24, 2.45) is 0 Å². The number of benzene rings is 2. The maximum absolute atomic E-state index is 13.4. The van der Waals surface area contributed by atoms with E-state index in [0.29, 0.717) is 15.9 Å². The van der Waals surface area contributed by atoms with E-state index in [-0.39, 0.29) is 17.8 Å². The van der Waals surface area contributed by atoms with Crippen LogP contribution in [-0.2, 0) is 12.7 Å². The van der Waals surface area contributed by atoms with Crippen LogP contribution in [0.1, 0.15) is 33.1 Å². The molecule has 10 heteroatoms. The van der Waals surface area contributed by atoms with Crippen LogP contribution in [0.4, 0.5) is 13.2 Å². The Labute approximate surface area is 187 Å². The highest BCUT2D eigenvalue weighted by Crippen LogP contribution is 2.31. The number of halogens is 3. The van der Waals surface area contributed by atoms with E-state index in [1.165, 1.54) is 12.1 Å². The third-order valence-electron chi connectivity index (χ3n) is 4.88. The summed E-state index contributed by atoms with van der Waals surface area (Å²) < 4.78 is 40.9. The van der Waals surface area contributed by atoms with Crippen molar-refractivity contribution in [3.63, 3.8) is 0 Å². The van der Waals surface area contributed by atoms with Gasteiger partial charge in [0.05, 0.1) is 29.8 Å². The summed E-state index contributed by atoms with van der Waals surface area (Å²) in [6, 6.07) is 11.9. The number of hydrogen-bond donors (Lipinski definition) is 1. The third kappa shape index (κ3) is 5.05. The van der Waals surface area contributed by atoms with E-state index >= 15 is 0 Å². The number of nitrogens with one attached hydrogen (secondary N) is 1. The minimum Gasteiger partial charge on any atom is -0.346 e. The second-order valence-electron chi connectivity index (χ2n) is 7.46. The molecule has 0 aliphatic heterocycles. The zero-order chi connectivity index (χ0) is 23.6. The summed E-state index contributed by atoms with van der Waals surface area (Å²) in [5, 5.41) is 6.47. The van der Waals surface area contributed by atoms with Crippen LogP contribution in [0.5, 0.6) is 0 Å². The van der Waals surface area contributed by atoms with E-state index in [9.17, 15) is 18.0 Å². The second-order valence-corrected chi connectivity index (χ2v) is 7.46. The fourth-order valence-electron chi connectivity index (χ4n) is 3.18. The van der Waals surface area contributed by atoms with Crippen LogP contribution < -0.4 is 5.32 Å². The Balaban J connectivity index is 1.73. The molecule has 4 aromatic rings. The molecular weight excluding hydrogens is 433 g/mol. The number of aryl methyl sites for hydroxylation is 2. The van der Waals surface area contributed by atoms with Gasteiger partial charge in [-0.1, -0.05) is 29.8 Å². The van der Waals surface area contributed by atoms with Gasteiger partial charge < -0.3 is 5.32 Å². The van der Waals surface area contributed by atoms with Crippen molar-refractivity contribution in [1.29, 1.82) is 0 Å². The van der Waals surface area contributed by atoms with Gasteiger partial charge in [-0.3, -0.25) is 14.8 Å². The van der Waals surface area contributed by atoms with Gasteiger partial charge in [-0.25, -0.2) is 9.67 Å². The Hall–Kier alpha value is -4.08. The first kappa shape index (κ1) is 22.1. The van der Waals surface area contributed by atoms with E-state index in [0.717, 1.165) is 23.1 Å². The molecule has 2 heterocycles. The molecule has 0 saturated carbocycles. The SMILES string of the molecule is Cc1ccc(-c2cc(C(=O)NCc3cnc(C)cn3)cc(-n3ncnc3C(F)(F)F)c2)cc1. The van der Waals surface area contributed by atoms with Gasteiger partial charge in [0.15, 0.2) is 0 Å². The maximum atomic E-state index is 13.4. The predicted molar refractivity (Wildman–Crippen MR) is 114 cm³/mol. The highest BCUT2D eigenvalue weighted by molar-refractivity contribution is 5.96. The average molecular weight is 452 g/mol. The number of alkyl halides is 3. The predicted octanol–water partition coefficient (Wildman–Crippen LogP) is 4.29. The molecule has 0 aliphatic carbocycles. The normalized spacial score (nSPS) is 11.4. The zero-order valence-corrected chi connectivity index (χ0v) is 17.8. The first-order valence-corrected chi connectivity index (χ1v) is 9.96. The second kappa shape index (κ2) is 8.81. The van der Waals surface area contributed by atoms with E-state index in [2.05, 4.69) is 25.4 Å². The minimum atomic E-state index is -4.71. The summed E-state index contributed by atoms with van der Waals surface area (Å²) in [6.45, 7) is 3.85. The van der Waals surface area contributed by atoms with Crippen LogP contribution >= 0.6 is 0 Å². The molecule has 168 valence electrons. The van der Waals surface area contributed by atoms with Gasteiger partial charge in [0, 0.05) is 11.8 Å². The van der Waals surface area contributed by atoms with Crippen molar-refractivity contribution in [3.8, 4) is 16.8 Å². The molecule has 0 unspecified atom stereocenters. The number of carbonyl (C=O) groups is 1. The fourth-order valence-corrected chi connectivity index (χ4v) is 3.18. The molecule has 4 rings (SSSR count). The Morgan fingerprint density at radius 2 is 1.73 bits per heavy atom. The topological polar surface area (TPSA) is 85.6 Å². The van der Waals surface area contributed by atoms with Gasteiger partial charge in [0.25, 0.3) is 5.91 Å². The monoisotopic (exact) mass is 452 g/mol. The van der Waals surface area contributed by atoms with Gasteiger partial charge in [0.1, 0.15) is 6.33 Å². The Bertz CT molecular complexity index is 1280. The Morgan fingerprint density at radius 1 is 0.970 bits per heavy atom. The van der Waals surface area contributed by atoms with Crippen molar-refractivity contribution in [2.45, 2.75) is 26.6 Å². The fraction of sp³-hybridized carbons (Fsp3) is 0.174. The highest BCUT2D eigenvalue weighted by Gasteiger charge is 2.37. The lowest BCUT2D eigenvalue weighted by atomic mass is 10.0. The molecule has 1 N–H and O–H groups in total. The number of aromatic nitrogens is 5. The van der Waals surface area contributed by atoms with Crippen LogP contribution in [0.2, 0.25) is 0 Å². The number of carbonyl (C=O) groups excluding carboxylic acids is 1. The first-order valence-electron chi connectivity index (χ1n) is 9.96. The van der Waals surface area contributed by atoms with Crippen LogP contribution in [0.3, 0.4) is 0 Å². The highest BCUT2D eigenvalue weighted by atomic mass is 19.4. The van der Waals surface area contributed by atoms with Gasteiger partial charge in [-0.05, 0) is 43.2 Å². The summed E-state index contributed by atoms with van der Waals surface area (Å²) >= 11 is 0. The van der Waals surface area contributed by atoms with Crippen molar-refractivity contribution in [1.82, 2.24) is 30.0 Å². The molecule has 0 saturated heterocycles. The van der Waals surface area contributed by atoms with Gasteiger partial charge >= 0.3 is 6.18 Å². The Kier molecular flexibility index (Phi) is 5.91. The van der Waals surface area contributed by atoms with Crippen LogP contribution in [-0.4, -0.2) is 30.6 Å². The molecule has 0 radical (unpaired) electrons. The Morgan fingerprint density at radius 3 is 2.39 bits per heavy atom. The summed E-state index contributed by atoms with van der Waals surface area (Å²) in [5.74, 6) is -1.65. The van der Waals surface area contributed by atoms with Crippen LogP contribution in [0, 0.1) is 13.8 Å². The quantitative estimate of drug-likeness (QED) is 0.488. The number of rotatable bonds is 5. The lowest BCUT2D eigenvalue weighted by Crippen LogP contribution is -2.24. The summed E-state index contributed by atoms with van der Waals surface area (Å²) in [4.78, 5) is 24.6. The molecule has 33 heavy (non-hydrogen) atoms. The molecule has 2 aromatic carbocycles. The van der Waals surface area contributed by atoms with E-state index < -0.39 is 17.9 Å². The maximum Gasteiger partial charge on any atom is 0.451 e. The van der Waals surface area contributed by atoms with Crippen molar-refractivity contribution >= 4 is 5.91 Å². The lowest BCUT2D eigenvalue weighted by molar-refractivity contribution is -0.146. The third-order valence-corrected chi connectivity index (χ3v) is 4.88. The number of hydrogen-bond acceptors (Lipinski definition) is 5. The first-order chi connectivity index (χ1) is 15.7. The molecule has 2 aromatic heterocycles. The van der Waals surface area contributed by atoms with Gasteiger partial charge in [-0.15, -0.1) is 0 Å². The van der Waals surface area contributed by atoms with Crippen molar-refractivity contribution in [3.05, 3.63) is 89.5 Å². The summed E-state index contributed by atoms with van der Waals surface area (Å²) in [6.07, 6.45) is -0.740. The summed E-state index contributed by atoms with van der Waals surface area (Å²) in [7, 11) is 0. The molecule has 0 bridgehead atoms.